The van der Waals surface area contributed by atoms with Gasteiger partial charge in [0.2, 0.25) is 0 Å². The minimum Gasteiger partial charge on any atom is -0.350 e. The van der Waals surface area contributed by atoms with Crippen LogP contribution in [0.1, 0.15) is 42.6 Å². The van der Waals surface area contributed by atoms with Gasteiger partial charge in [0.15, 0.2) is 0 Å². The summed E-state index contributed by atoms with van der Waals surface area (Å²) >= 11 is 1.64. The molecule has 0 radical (unpaired) electrons. The largest absolute Gasteiger partial charge is 0.350 e. The molecule has 0 saturated heterocycles. The Morgan fingerprint density at radius 2 is 1.95 bits per heavy atom. The lowest BCUT2D eigenvalue weighted by atomic mass is 9.94. The van der Waals surface area contributed by atoms with Crippen LogP contribution in [0.25, 0.3) is 0 Å². The normalized spacial score (nSPS) is 10.8. The zero-order valence-corrected chi connectivity index (χ0v) is 14.3. The summed E-state index contributed by atoms with van der Waals surface area (Å²) in [5, 5.41) is 2.96. The molecule has 0 heterocycles. The molecule has 0 aliphatic carbocycles. The highest BCUT2D eigenvalue weighted by Crippen LogP contribution is 2.19. The summed E-state index contributed by atoms with van der Waals surface area (Å²) in [6.07, 6.45) is 3.71. The van der Waals surface area contributed by atoms with Crippen molar-refractivity contribution in [3.8, 4) is 0 Å². The van der Waals surface area contributed by atoms with Crippen molar-refractivity contribution in [3.05, 3.63) is 29.3 Å². The number of hydrogen-bond donors (Lipinski definition) is 2. The maximum Gasteiger partial charge on any atom is 0.251 e. The van der Waals surface area contributed by atoms with E-state index in [0.717, 1.165) is 28.9 Å². The number of thioether (sulfide) groups is 1. The Labute approximate surface area is 132 Å². The van der Waals surface area contributed by atoms with Crippen LogP contribution in [0.4, 0.5) is 0 Å². The van der Waals surface area contributed by atoms with Gasteiger partial charge in [0.25, 0.3) is 5.91 Å². The average Bonchev–Trinajstić information content (AvgIpc) is 2.45. The molecule has 1 aromatic carbocycles. The van der Waals surface area contributed by atoms with Crippen molar-refractivity contribution in [1.82, 2.24) is 5.32 Å². The number of carbonyl (C=O) groups excluding carboxylic acids is 1. The van der Waals surface area contributed by atoms with E-state index in [9.17, 15) is 4.79 Å². The molecule has 3 N–H and O–H groups in total. The topological polar surface area (TPSA) is 55.1 Å². The second-order valence-electron chi connectivity index (χ2n) is 4.93. The summed E-state index contributed by atoms with van der Waals surface area (Å²) in [6.45, 7) is 6.57. The molecule has 0 aliphatic heterocycles. The SMILES string of the molecule is CCC(N)(CC)CNC(=O)c1cc(SC)ccc1C.Cl. The van der Waals surface area contributed by atoms with E-state index >= 15 is 0 Å². The number of benzene rings is 1. The Bertz CT molecular complexity index is 447. The van der Waals surface area contributed by atoms with Gasteiger partial charge in [-0.25, -0.2) is 0 Å². The summed E-state index contributed by atoms with van der Waals surface area (Å²) in [5.41, 5.74) is 7.62. The Hall–Kier alpha value is -0.710. The number of nitrogens with two attached hydrogens (primary N) is 1. The van der Waals surface area contributed by atoms with Crippen molar-refractivity contribution < 1.29 is 4.79 Å². The van der Waals surface area contributed by atoms with E-state index in [-0.39, 0.29) is 23.9 Å². The van der Waals surface area contributed by atoms with Gasteiger partial charge in [0, 0.05) is 22.5 Å². The quantitative estimate of drug-likeness (QED) is 0.791. The van der Waals surface area contributed by atoms with Gasteiger partial charge in [0.1, 0.15) is 0 Å². The highest BCUT2D eigenvalue weighted by atomic mass is 35.5. The fraction of sp³-hybridized carbons (Fsp3) is 0.533. The van der Waals surface area contributed by atoms with Gasteiger partial charge in [-0.15, -0.1) is 24.2 Å². The van der Waals surface area contributed by atoms with Crippen LogP contribution < -0.4 is 11.1 Å². The number of amides is 1. The van der Waals surface area contributed by atoms with Crippen LogP contribution in [-0.2, 0) is 0 Å². The number of rotatable bonds is 6. The maximum atomic E-state index is 12.2. The molecule has 0 aromatic heterocycles. The first-order chi connectivity index (χ1) is 8.95. The van der Waals surface area contributed by atoms with Crippen LogP contribution in [-0.4, -0.2) is 24.2 Å². The fourth-order valence-corrected chi connectivity index (χ4v) is 2.26. The van der Waals surface area contributed by atoms with Crippen LogP contribution in [0.2, 0.25) is 0 Å². The van der Waals surface area contributed by atoms with E-state index in [1.807, 2.05) is 31.4 Å². The summed E-state index contributed by atoms with van der Waals surface area (Å²) < 4.78 is 0. The molecule has 5 heteroatoms. The van der Waals surface area contributed by atoms with Gasteiger partial charge < -0.3 is 11.1 Å². The predicted molar refractivity (Wildman–Crippen MR) is 90.0 cm³/mol. The van der Waals surface area contributed by atoms with E-state index in [1.54, 1.807) is 11.8 Å². The third-order valence-corrected chi connectivity index (χ3v) is 4.42. The Balaban J connectivity index is 0.00000361. The van der Waals surface area contributed by atoms with E-state index in [0.29, 0.717) is 6.54 Å². The maximum absolute atomic E-state index is 12.2. The molecule has 0 aliphatic rings. The molecule has 1 amide bonds. The molecule has 0 unspecified atom stereocenters. The lowest BCUT2D eigenvalue weighted by molar-refractivity contribution is 0.0941. The first-order valence-corrected chi connectivity index (χ1v) is 7.90. The molecule has 114 valence electrons. The third-order valence-electron chi connectivity index (χ3n) is 3.70. The summed E-state index contributed by atoms with van der Waals surface area (Å²) in [7, 11) is 0. The van der Waals surface area contributed by atoms with Crippen LogP contribution in [0.3, 0.4) is 0 Å². The fourth-order valence-electron chi connectivity index (χ4n) is 1.82. The second kappa shape index (κ2) is 8.55. The molecule has 0 atom stereocenters. The highest BCUT2D eigenvalue weighted by molar-refractivity contribution is 7.98. The molecular weight excluding hydrogens is 292 g/mol. The van der Waals surface area contributed by atoms with Crippen LogP contribution in [0.5, 0.6) is 0 Å². The summed E-state index contributed by atoms with van der Waals surface area (Å²) in [4.78, 5) is 13.3. The highest BCUT2D eigenvalue weighted by Gasteiger charge is 2.21. The van der Waals surface area contributed by atoms with Gasteiger partial charge >= 0.3 is 0 Å². The Morgan fingerprint density at radius 1 is 1.35 bits per heavy atom. The van der Waals surface area contributed by atoms with Gasteiger partial charge in [-0.2, -0.15) is 0 Å². The predicted octanol–water partition coefficient (Wildman–Crippen LogP) is 3.39. The van der Waals surface area contributed by atoms with Crippen LogP contribution >= 0.6 is 24.2 Å². The standard InChI is InChI=1S/C15H24N2OS.ClH/c1-5-15(16,6-2)10-17-14(18)13-9-12(19-4)8-7-11(13)3;/h7-9H,5-6,10,16H2,1-4H3,(H,17,18);1H. The van der Waals surface area contributed by atoms with Gasteiger partial charge in [-0.3, -0.25) is 4.79 Å². The van der Waals surface area contributed by atoms with Crippen molar-refractivity contribution in [2.75, 3.05) is 12.8 Å². The number of halogens is 1. The molecule has 20 heavy (non-hydrogen) atoms. The van der Waals surface area contributed by atoms with E-state index in [2.05, 4.69) is 19.2 Å². The monoisotopic (exact) mass is 316 g/mol. The number of nitrogens with one attached hydrogen (secondary N) is 1. The number of aryl methyl sites for hydroxylation is 1. The molecule has 3 nitrogen and oxygen atoms in total. The molecule has 1 rings (SSSR count). The lowest BCUT2D eigenvalue weighted by Gasteiger charge is -2.27. The van der Waals surface area contributed by atoms with Crippen LogP contribution in [0.15, 0.2) is 23.1 Å². The van der Waals surface area contributed by atoms with Crippen molar-refractivity contribution in [1.29, 1.82) is 0 Å². The average molecular weight is 317 g/mol. The van der Waals surface area contributed by atoms with Crippen molar-refractivity contribution in [2.45, 2.75) is 44.0 Å². The van der Waals surface area contributed by atoms with Crippen molar-refractivity contribution in [3.63, 3.8) is 0 Å². The first kappa shape index (κ1) is 19.3. The smallest absolute Gasteiger partial charge is 0.251 e. The number of carbonyl (C=O) groups is 1. The van der Waals surface area contributed by atoms with E-state index in [4.69, 9.17) is 5.73 Å². The Kier molecular flexibility index (Phi) is 8.25. The van der Waals surface area contributed by atoms with Crippen molar-refractivity contribution >= 4 is 30.1 Å². The minimum atomic E-state index is -0.305. The minimum absolute atomic E-state index is 0. The molecule has 0 saturated carbocycles. The molecule has 0 bridgehead atoms. The zero-order chi connectivity index (χ0) is 14.5. The summed E-state index contributed by atoms with van der Waals surface area (Å²) in [5.74, 6) is -0.0369. The van der Waals surface area contributed by atoms with Crippen molar-refractivity contribution in [2.24, 2.45) is 5.73 Å². The molecule has 0 fully saturated rings. The zero-order valence-electron chi connectivity index (χ0n) is 12.7. The summed E-state index contributed by atoms with van der Waals surface area (Å²) in [6, 6.07) is 5.95. The third kappa shape index (κ3) is 5.00. The Morgan fingerprint density at radius 3 is 2.45 bits per heavy atom. The first-order valence-electron chi connectivity index (χ1n) is 6.67. The van der Waals surface area contributed by atoms with Crippen LogP contribution in [0, 0.1) is 6.92 Å². The van der Waals surface area contributed by atoms with E-state index in [1.165, 1.54) is 0 Å². The van der Waals surface area contributed by atoms with Gasteiger partial charge in [0.05, 0.1) is 0 Å². The molecule has 1 aromatic rings. The molecular formula is C15H25ClN2OS. The van der Waals surface area contributed by atoms with Gasteiger partial charge in [-0.1, -0.05) is 19.9 Å². The van der Waals surface area contributed by atoms with E-state index < -0.39 is 0 Å². The lowest BCUT2D eigenvalue weighted by Crippen LogP contribution is -2.49. The second-order valence-corrected chi connectivity index (χ2v) is 5.81. The molecule has 0 spiro atoms. The number of hydrogen-bond acceptors (Lipinski definition) is 3. The van der Waals surface area contributed by atoms with Gasteiger partial charge in [-0.05, 0) is 43.7 Å².